The summed E-state index contributed by atoms with van der Waals surface area (Å²) in [5, 5.41) is 0. The number of hydrogen-bond donors (Lipinski definition) is 0. The fourth-order valence-electron chi connectivity index (χ4n) is 2.79. The van der Waals surface area contributed by atoms with E-state index in [1.165, 1.54) is 6.92 Å². The van der Waals surface area contributed by atoms with Crippen LogP contribution < -0.4 is 18.9 Å². The van der Waals surface area contributed by atoms with Gasteiger partial charge in [-0.2, -0.15) is 0 Å². The van der Waals surface area contributed by atoms with Crippen LogP contribution in [0.15, 0.2) is 36.1 Å². The zero-order valence-electron chi connectivity index (χ0n) is 13.6. The van der Waals surface area contributed by atoms with Gasteiger partial charge in [0.1, 0.15) is 11.5 Å². The molecule has 0 amide bonds. The van der Waals surface area contributed by atoms with Crippen LogP contribution in [0.5, 0.6) is 23.0 Å². The highest BCUT2D eigenvalue weighted by Crippen LogP contribution is 2.40. The lowest BCUT2D eigenvalue weighted by molar-refractivity contribution is -0.131. The average Bonchev–Trinajstić information content (AvgIpc) is 3.15. The second kappa shape index (κ2) is 5.66. The summed E-state index contributed by atoms with van der Waals surface area (Å²) in [4.78, 5) is 23.7. The van der Waals surface area contributed by atoms with Crippen LogP contribution in [-0.2, 0) is 4.79 Å². The second-order valence-electron chi connectivity index (χ2n) is 5.71. The van der Waals surface area contributed by atoms with Crippen molar-refractivity contribution in [3.05, 3.63) is 52.8 Å². The van der Waals surface area contributed by atoms with Crippen molar-refractivity contribution in [2.75, 3.05) is 6.79 Å². The Balaban J connectivity index is 1.68. The number of benzene rings is 2. The van der Waals surface area contributed by atoms with Gasteiger partial charge >= 0.3 is 5.97 Å². The van der Waals surface area contributed by atoms with Crippen molar-refractivity contribution in [1.29, 1.82) is 0 Å². The number of ketones is 1. The Morgan fingerprint density at radius 1 is 1.16 bits per heavy atom. The second-order valence-corrected chi connectivity index (χ2v) is 5.71. The maximum absolute atomic E-state index is 12.6. The molecule has 0 saturated heterocycles. The Morgan fingerprint density at radius 2 is 1.96 bits per heavy atom. The van der Waals surface area contributed by atoms with E-state index >= 15 is 0 Å². The van der Waals surface area contributed by atoms with Crippen molar-refractivity contribution >= 4 is 17.8 Å². The van der Waals surface area contributed by atoms with Crippen molar-refractivity contribution in [2.24, 2.45) is 0 Å². The maximum Gasteiger partial charge on any atom is 0.308 e. The predicted octanol–water partition coefficient (Wildman–Crippen LogP) is 3.27. The number of fused-ring (bicyclic) bond motifs is 2. The fourth-order valence-corrected chi connectivity index (χ4v) is 2.79. The van der Waals surface area contributed by atoms with E-state index in [2.05, 4.69) is 0 Å². The summed E-state index contributed by atoms with van der Waals surface area (Å²) in [5.74, 6) is 1.65. The molecule has 2 heterocycles. The maximum atomic E-state index is 12.6. The van der Waals surface area contributed by atoms with E-state index in [0.29, 0.717) is 34.1 Å². The third-order valence-corrected chi connectivity index (χ3v) is 3.98. The molecule has 4 rings (SSSR count). The number of hydrogen-bond acceptors (Lipinski definition) is 6. The van der Waals surface area contributed by atoms with Crippen LogP contribution >= 0.6 is 0 Å². The Hall–Kier alpha value is -3.28. The molecule has 126 valence electrons. The monoisotopic (exact) mass is 338 g/mol. The molecule has 0 radical (unpaired) electrons. The predicted molar refractivity (Wildman–Crippen MR) is 88.0 cm³/mol. The molecular weight excluding hydrogens is 324 g/mol. The summed E-state index contributed by atoms with van der Waals surface area (Å²) in [6, 6.07) is 8.58. The molecule has 0 N–H and O–H groups in total. The molecule has 6 heteroatoms. The van der Waals surface area contributed by atoms with Crippen molar-refractivity contribution in [3.63, 3.8) is 0 Å². The molecule has 25 heavy (non-hydrogen) atoms. The molecule has 6 nitrogen and oxygen atoms in total. The highest BCUT2D eigenvalue weighted by Gasteiger charge is 2.30. The number of Topliss-reactive ketones (excluding diaryl/α,β-unsaturated/α-hetero) is 1. The lowest BCUT2D eigenvalue weighted by Crippen LogP contribution is -2.03. The number of esters is 1. The molecule has 2 aliphatic heterocycles. The molecule has 0 fully saturated rings. The fraction of sp³-hybridized carbons (Fsp3) is 0.158. The largest absolute Gasteiger partial charge is 0.454 e. The van der Waals surface area contributed by atoms with Crippen LogP contribution in [0.3, 0.4) is 0 Å². The van der Waals surface area contributed by atoms with Crippen LogP contribution in [0, 0.1) is 6.92 Å². The molecule has 2 aromatic carbocycles. The summed E-state index contributed by atoms with van der Waals surface area (Å²) in [5.41, 5.74) is 1.81. The summed E-state index contributed by atoms with van der Waals surface area (Å²) < 4.78 is 21.5. The van der Waals surface area contributed by atoms with Crippen molar-refractivity contribution < 1.29 is 28.5 Å². The van der Waals surface area contributed by atoms with E-state index in [4.69, 9.17) is 18.9 Å². The first-order valence-electron chi connectivity index (χ1n) is 7.69. The third-order valence-electron chi connectivity index (χ3n) is 3.98. The van der Waals surface area contributed by atoms with Crippen LogP contribution in [0.2, 0.25) is 0 Å². The molecule has 0 saturated carbocycles. The minimum Gasteiger partial charge on any atom is -0.454 e. The molecule has 0 unspecified atom stereocenters. The quantitative estimate of drug-likeness (QED) is 0.475. The zero-order chi connectivity index (χ0) is 17.6. The molecule has 0 aromatic heterocycles. The number of carbonyl (C=O) groups is 2. The van der Waals surface area contributed by atoms with Crippen LogP contribution in [0.4, 0.5) is 0 Å². The minimum atomic E-state index is -0.427. The van der Waals surface area contributed by atoms with E-state index in [0.717, 1.165) is 5.56 Å². The molecule has 2 aromatic rings. The van der Waals surface area contributed by atoms with Gasteiger partial charge in [0.25, 0.3) is 0 Å². The molecule has 0 bridgehead atoms. The summed E-state index contributed by atoms with van der Waals surface area (Å²) >= 11 is 0. The zero-order valence-corrected chi connectivity index (χ0v) is 13.6. The number of allylic oxidation sites excluding steroid dienone is 1. The van der Waals surface area contributed by atoms with Gasteiger partial charge in [-0.1, -0.05) is 6.07 Å². The van der Waals surface area contributed by atoms with E-state index in [9.17, 15) is 9.59 Å². The standard InChI is InChI=1S/C19H14O6/c1-10-14(24-11(2)20)6-4-13-18(21)17(25-19(10)13)8-12-3-5-15-16(7-12)23-9-22-15/h3-8H,9H2,1-2H3/b17-8-. The van der Waals surface area contributed by atoms with Crippen molar-refractivity contribution in [2.45, 2.75) is 13.8 Å². The highest BCUT2D eigenvalue weighted by molar-refractivity contribution is 6.15. The lowest BCUT2D eigenvalue weighted by Gasteiger charge is -2.08. The van der Waals surface area contributed by atoms with Gasteiger partial charge in [-0.25, -0.2) is 0 Å². The van der Waals surface area contributed by atoms with E-state index in [1.54, 1.807) is 37.3 Å². The Labute approximate surface area is 143 Å². The molecule has 0 spiro atoms. The Kier molecular flexibility index (Phi) is 3.46. The normalized spacial score (nSPS) is 15.9. The van der Waals surface area contributed by atoms with Crippen LogP contribution in [0.1, 0.15) is 28.4 Å². The Morgan fingerprint density at radius 3 is 2.76 bits per heavy atom. The van der Waals surface area contributed by atoms with Gasteiger partial charge in [0, 0.05) is 12.5 Å². The number of rotatable bonds is 2. The van der Waals surface area contributed by atoms with E-state index in [-0.39, 0.29) is 18.3 Å². The summed E-state index contributed by atoms with van der Waals surface area (Å²) in [6.07, 6.45) is 1.65. The Bertz CT molecular complexity index is 941. The average molecular weight is 338 g/mol. The van der Waals surface area contributed by atoms with Crippen LogP contribution in [0.25, 0.3) is 6.08 Å². The smallest absolute Gasteiger partial charge is 0.308 e. The van der Waals surface area contributed by atoms with E-state index in [1.807, 2.05) is 6.07 Å². The van der Waals surface area contributed by atoms with Gasteiger partial charge in [0.15, 0.2) is 17.3 Å². The minimum absolute atomic E-state index is 0.189. The molecular formula is C19H14O6. The summed E-state index contributed by atoms with van der Waals surface area (Å²) in [6.45, 7) is 3.26. The lowest BCUT2D eigenvalue weighted by atomic mass is 10.1. The van der Waals surface area contributed by atoms with Gasteiger partial charge in [0.05, 0.1) is 5.56 Å². The third kappa shape index (κ3) is 2.61. The number of carbonyl (C=O) groups excluding carboxylic acids is 2. The van der Waals surface area contributed by atoms with Crippen LogP contribution in [-0.4, -0.2) is 18.5 Å². The number of ether oxygens (including phenoxy) is 4. The summed E-state index contributed by atoms with van der Waals surface area (Å²) in [7, 11) is 0. The topological polar surface area (TPSA) is 71.1 Å². The van der Waals surface area contributed by atoms with Gasteiger partial charge in [-0.3, -0.25) is 9.59 Å². The SMILES string of the molecule is CC(=O)Oc1ccc2c(c1C)O/C(=C\c1ccc3c(c1)OCO3)C2=O. The van der Waals surface area contributed by atoms with Gasteiger partial charge < -0.3 is 18.9 Å². The first-order chi connectivity index (χ1) is 12.0. The first kappa shape index (κ1) is 15.3. The van der Waals surface area contributed by atoms with Gasteiger partial charge in [-0.15, -0.1) is 0 Å². The van der Waals surface area contributed by atoms with E-state index < -0.39 is 5.97 Å². The highest BCUT2D eigenvalue weighted by atomic mass is 16.7. The first-order valence-corrected chi connectivity index (χ1v) is 7.69. The molecule has 2 aliphatic rings. The van der Waals surface area contributed by atoms with Gasteiger partial charge in [-0.05, 0) is 42.8 Å². The van der Waals surface area contributed by atoms with Gasteiger partial charge in [0.2, 0.25) is 12.6 Å². The van der Waals surface area contributed by atoms with Crippen molar-refractivity contribution in [1.82, 2.24) is 0 Å². The molecule has 0 aliphatic carbocycles. The molecule has 0 atom stereocenters. The van der Waals surface area contributed by atoms with Crippen molar-refractivity contribution in [3.8, 4) is 23.0 Å².